The Morgan fingerprint density at radius 2 is 1.52 bits per heavy atom. The zero-order valence-electron chi connectivity index (χ0n) is 24.6. The first-order valence-corrected chi connectivity index (χ1v) is 13.3. The first-order valence-electron chi connectivity index (χ1n) is 13.3. The third-order valence-corrected chi connectivity index (χ3v) is 6.30. The number of amides is 4. The highest BCUT2D eigenvalue weighted by atomic mass is 16.6. The normalized spacial score (nSPS) is 12.8. The number of carbonyl (C=O) groups is 4. The van der Waals surface area contributed by atoms with Gasteiger partial charge in [-0.3, -0.25) is 14.4 Å². The second-order valence-corrected chi connectivity index (χ2v) is 11.2. The zero-order valence-corrected chi connectivity index (χ0v) is 24.6. The number of para-hydroxylation sites is 2. The van der Waals surface area contributed by atoms with E-state index in [-0.39, 0.29) is 24.2 Å². The van der Waals surface area contributed by atoms with E-state index in [1.54, 1.807) is 59.7 Å². The average Bonchev–Trinajstić information content (AvgIpc) is 2.82. The standard InChI is InChI=1S/C30H42N4O6/c1-17(2)34(28(38)22(15-16-23(31)35)32-29(39)40-30(6,7)8)25(21-14-10-13-20(5)26(21)36)27(37)33-24-18(3)11-9-12-19(24)4/h9-14,17,22,25,36H,15-16H2,1-8H3,(H2,31,35)(H,32,39)(H,33,37). The van der Waals surface area contributed by atoms with Crippen LogP contribution < -0.4 is 16.4 Å². The van der Waals surface area contributed by atoms with Gasteiger partial charge in [0.2, 0.25) is 11.8 Å². The molecule has 0 radical (unpaired) electrons. The number of benzene rings is 2. The number of anilines is 1. The second kappa shape index (κ2) is 13.3. The fourth-order valence-electron chi connectivity index (χ4n) is 4.38. The number of hydrogen-bond acceptors (Lipinski definition) is 6. The number of alkyl carbamates (subject to hydrolysis) is 1. The lowest BCUT2D eigenvalue weighted by Gasteiger charge is -2.37. The number of nitrogens with one attached hydrogen (secondary N) is 2. The van der Waals surface area contributed by atoms with Crippen LogP contribution in [-0.4, -0.2) is 51.5 Å². The number of rotatable bonds is 10. The molecule has 0 saturated heterocycles. The maximum Gasteiger partial charge on any atom is 0.408 e. The summed E-state index contributed by atoms with van der Waals surface area (Å²) in [6.07, 6.45) is -1.15. The number of ether oxygens (including phenoxy) is 1. The topological polar surface area (TPSA) is 151 Å². The highest BCUT2D eigenvalue weighted by Gasteiger charge is 2.39. The van der Waals surface area contributed by atoms with Gasteiger partial charge in [-0.15, -0.1) is 0 Å². The number of nitrogens with two attached hydrogens (primary N) is 1. The first-order chi connectivity index (χ1) is 18.5. The van der Waals surface area contributed by atoms with Crippen molar-refractivity contribution in [1.82, 2.24) is 10.2 Å². The molecule has 0 aliphatic heterocycles. The van der Waals surface area contributed by atoms with Crippen LogP contribution >= 0.6 is 0 Å². The molecule has 2 aromatic rings. The Morgan fingerprint density at radius 1 is 0.975 bits per heavy atom. The Kier molecular flexibility index (Phi) is 10.7. The Balaban J connectivity index is 2.63. The minimum Gasteiger partial charge on any atom is -0.507 e. The summed E-state index contributed by atoms with van der Waals surface area (Å²) in [5.74, 6) is -1.96. The molecule has 2 atom stereocenters. The van der Waals surface area contributed by atoms with Gasteiger partial charge in [-0.05, 0) is 78.5 Å². The summed E-state index contributed by atoms with van der Waals surface area (Å²) in [5, 5.41) is 16.5. The van der Waals surface area contributed by atoms with Crippen LogP contribution in [0, 0.1) is 20.8 Å². The third-order valence-electron chi connectivity index (χ3n) is 6.30. The molecular weight excluding hydrogens is 512 g/mol. The van der Waals surface area contributed by atoms with Crippen molar-refractivity contribution in [3.8, 4) is 5.75 Å². The van der Waals surface area contributed by atoms with Crippen molar-refractivity contribution < 1.29 is 29.0 Å². The molecule has 0 aliphatic carbocycles. The molecule has 4 amide bonds. The predicted molar refractivity (Wildman–Crippen MR) is 154 cm³/mol. The minimum absolute atomic E-state index is 0.109. The van der Waals surface area contributed by atoms with Crippen LogP contribution in [0.15, 0.2) is 36.4 Å². The molecule has 0 saturated carbocycles. The number of phenolic OH excluding ortho intramolecular Hbond substituents is 1. The van der Waals surface area contributed by atoms with E-state index in [9.17, 15) is 24.3 Å². The molecule has 0 heterocycles. The number of hydrogen-bond donors (Lipinski definition) is 4. The van der Waals surface area contributed by atoms with Crippen molar-refractivity contribution in [3.63, 3.8) is 0 Å². The summed E-state index contributed by atoms with van der Waals surface area (Å²) < 4.78 is 5.34. The maximum atomic E-state index is 14.1. The summed E-state index contributed by atoms with van der Waals surface area (Å²) in [6.45, 7) is 13.9. The molecule has 10 heteroatoms. The van der Waals surface area contributed by atoms with E-state index in [1.165, 1.54) is 4.90 Å². The minimum atomic E-state index is -1.28. The van der Waals surface area contributed by atoms with E-state index in [0.29, 0.717) is 11.3 Å². The summed E-state index contributed by atoms with van der Waals surface area (Å²) in [4.78, 5) is 53.7. The van der Waals surface area contributed by atoms with E-state index in [1.807, 2.05) is 32.0 Å². The highest BCUT2D eigenvalue weighted by molar-refractivity contribution is 6.00. The Hall–Kier alpha value is -4.08. The van der Waals surface area contributed by atoms with E-state index >= 15 is 0 Å². The van der Waals surface area contributed by atoms with Crippen LogP contribution in [0.1, 0.15) is 75.8 Å². The van der Waals surface area contributed by atoms with Gasteiger partial charge in [0.05, 0.1) is 0 Å². The molecule has 5 N–H and O–H groups in total. The molecule has 218 valence electrons. The Bertz CT molecular complexity index is 1230. The van der Waals surface area contributed by atoms with E-state index in [2.05, 4.69) is 10.6 Å². The van der Waals surface area contributed by atoms with Crippen molar-refractivity contribution >= 4 is 29.5 Å². The van der Waals surface area contributed by atoms with Crippen molar-refractivity contribution in [2.24, 2.45) is 5.73 Å². The maximum absolute atomic E-state index is 14.1. The molecule has 2 aromatic carbocycles. The molecular formula is C30H42N4O6. The fourth-order valence-corrected chi connectivity index (χ4v) is 4.38. The largest absolute Gasteiger partial charge is 0.507 e. The first kappa shape index (κ1) is 32.1. The highest BCUT2D eigenvalue weighted by Crippen LogP contribution is 2.35. The van der Waals surface area contributed by atoms with Crippen molar-refractivity contribution in [3.05, 3.63) is 58.7 Å². The van der Waals surface area contributed by atoms with Gasteiger partial charge in [0.1, 0.15) is 23.4 Å². The number of aryl methyl sites for hydroxylation is 3. The molecule has 0 bridgehead atoms. The molecule has 0 spiro atoms. The lowest BCUT2D eigenvalue weighted by molar-refractivity contribution is -0.143. The number of carbonyl (C=O) groups excluding carboxylic acids is 4. The predicted octanol–water partition coefficient (Wildman–Crippen LogP) is 4.39. The lowest BCUT2D eigenvalue weighted by Crippen LogP contribution is -2.54. The molecule has 2 unspecified atom stereocenters. The quantitative estimate of drug-likeness (QED) is 0.342. The van der Waals surface area contributed by atoms with E-state index < -0.39 is 47.5 Å². The number of aromatic hydroxyl groups is 1. The van der Waals surface area contributed by atoms with Gasteiger partial charge in [-0.1, -0.05) is 36.4 Å². The molecule has 0 aliphatic rings. The van der Waals surface area contributed by atoms with Gasteiger partial charge < -0.3 is 31.1 Å². The summed E-state index contributed by atoms with van der Waals surface area (Å²) in [7, 11) is 0. The zero-order chi connectivity index (χ0) is 30.4. The molecule has 0 fully saturated rings. The van der Waals surface area contributed by atoms with E-state index in [4.69, 9.17) is 10.5 Å². The van der Waals surface area contributed by atoms with Crippen LogP contribution in [0.3, 0.4) is 0 Å². The number of primary amides is 1. The number of nitrogens with zero attached hydrogens (tertiary/aromatic N) is 1. The van der Waals surface area contributed by atoms with Crippen LogP contribution in [0.5, 0.6) is 5.75 Å². The molecule has 10 nitrogen and oxygen atoms in total. The molecule has 0 aromatic heterocycles. The second-order valence-electron chi connectivity index (χ2n) is 11.2. The van der Waals surface area contributed by atoms with Gasteiger partial charge in [-0.2, -0.15) is 0 Å². The van der Waals surface area contributed by atoms with E-state index in [0.717, 1.165) is 11.1 Å². The van der Waals surface area contributed by atoms with Crippen LogP contribution in [0.25, 0.3) is 0 Å². The summed E-state index contributed by atoms with van der Waals surface area (Å²) in [5.41, 5.74) is 7.51. The van der Waals surface area contributed by atoms with Crippen LogP contribution in [0.2, 0.25) is 0 Å². The van der Waals surface area contributed by atoms with Crippen molar-refractivity contribution in [2.75, 3.05) is 5.32 Å². The average molecular weight is 555 g/mol. The smallest absolute Gasteiger partial charge is 0.408 e. The van der Waals surface area contributed by atoms with Crippen LogP contribution in [-0.2, 0) is 19.1 Å². The molecule has 2 rings (SSSR count). The lowest BCUT2D eigenvalue weighted by atomic mass is 9.97. The van der Waals surface area contributed by atoms with Gasteiger partial charge >= 0.3 is 6.09 Å². The van der Waals surface area contributed by atoms with Gasteiger partial charge in [0.15, 0.2) is 0 Å². The monoisotopic (exact) mass is 554 g/mol. The third kappa shape index (κ3) is 8.46. The van der Waals surface area contributed by atoms with Gasteiger partial charge in [0.25, 0.3) is 5.91 Å². The van der Waals surface area contributed by atoms with Crippen molar-refractivity contribution in [2.45, 2.75) is 92.0 Å². The van der Waals surface area contributed by atoms with Gasteiger partial charge in [0, 0.05) is 23.7 Å². The van der Waals surface area contributed by atoms with Gasteiger partial charge in [-0.25, -0.2) is 4.79 Å². The molecule has 40 heavy (non-hydrogen) atoms. The fraction of sp³-hybridized carbons (Fsp3) is 0.467. The number of phenols is 1. The summed E-state index contributed by atoms with van der Waals surface area (Å²) in [6, 6.07) is 7.50. The van der Waals surface area contributed by atoms with Crippen LogP contribution in [0.4, 0.5) is 10.5 Å². The summed E-state index contributed by atoms with van der Waals surface area (Å²) >= 11 is 0. The SMILES string of the molecule is Cc1cccc(C(C(=O)Nc2c(C)cccc2C)N(C(=O)C(CCC(N)=O)NC(=O)OC(C)(C)C)C(C)C)c1O. The Morgan fingerprint density at radius 3 is 2.05 bits per heavy atom. The Labute approximate surface area is 236 Å². The van der Waals surface area contributed by atoms with Crippen molar-refractivity contribution in [1.29, 1.82) is 0 Å².